The highest BCUT2D eigenvalue weighted by Gasteiger charge is 2.06. The van der Waals surface area contributed by atoms with Gasteiger partial charge in [-0.1, -0.05) is 12.8 Å². The Bertz CT molecular complexity index is 449. The van der Waals surface area contributed by atoms with Crippen molar-refractivity contribution in [1.29, 1.82) is 0 Å². The van der Waals surface area contributed by atoms with Gasteiger partial charge in [0.05, 0.1) is 0 Å². The third-order valence-corrected chi connectivity index (χ3v) is 2.24. The molecule has 0 bridgehead atoms. The van der Waals surface area contributed by atoms with Crippen LogP contribution in [-0.2, 0) is 9.59 Å². The lowest BCUT2D eigenvalue weighted by Gasteiger charge is -2.09. The van der Waals surface area contributed by atoms with Crippen molar-refractivity contribution in [2.45, 2.75) is 6.92 Å². The Labute approximate surface area is 109 Å². The zero-order valence-electron chi connectivity index (χ0n) is 9.67. The van der Waals surface area contributed by atoms with Gasteiger partial charge in [-0.25, -0.2) is 4.79 Å². The van der Waals surface area contributed by atoms with E-state index in [4.69, 9.17) is 14.6 Å². The molecule has 0 atom stereocenters. The monoisotopic (exact) mass is 271 g/mol. The van der Waals surface area contributed by atoms with Crippen LogP contribution in [0.5, 0.6) is 11.5 Å². The van der Waals surface area contributed by atoms with E-state index in [1.165, 1.54) is 0 Å². The summed E-state index contributed by atoms with van der Waals surface area (Å²) < 4.78 is 12.4. The molecule has 0 heterocycles. The normalized spacial score (nSPS) is 9.67. The summed E-state index contributed by atoms with van der Waals surface area (Å²) in [4.78, 5) is 21.3. The topological polar surface area (TPSA) is 84.9 Å². The fourth-order valence-corrected chi connectivity index (χ4v) is 1.26. The maximum absolute atomic E-state index is 10.9. The molecule has 1 aromatic carbocycles. The number of aryl methyl sites for hydroxylation is 1. The number of nitrogens with one attached hydrogen (secondary N) is 1. The van der Waals surface area contributed by atoms with Crippen LogP contribution in [-0.4, -0.2) is 30.2 Å². The Hall–Kier alpha value is -1.89. The van der Waals surface area contributed by atoms with E-state index >= 15 is 0 Å². The molecule has 0 unspecified atom stereocenters. The number of aliphatic carboxylic acids is 1. The molecule has 0 aliphatic carbocycles. The van der Waals surface area contributed by atoms with Gasteiger partial charge < -0.3 is 14.6 Å². The van der Waals surface area contributed by atoms with Gasteiger partial charge in [0.1, 0.15) is 11.5 Å². The van der Waals surface area contributed by atoms with Crippen molar-refractivity contribution < 1.29 is 24.2 Å². The van der Waals surface area contributed by atoms with Gasteiger partial charge in [0.2, 0.25) is 0 Å². The van der Waals surface area contributed by atoms with Crippen molar-refractivity contribution in [3.63, 3.8) is 0 Å². The molecule has 0 radical (unpaired) electrons. The van der Waals surface area contributed by atoms with E-state index in [-0.39, 0.29) is 12.5 Å². The van der Waals surface area contributed by atoms with Gasteiger partial charge in [-0.05, 0) is 30.7 Å². The van der Waals surface area contributed by atoms with Crippen molar-refractivity contribution in [3.8, 4) is 11.5 Å². The number of rotatable bonds is 6. The molecule has 2 N–H and O–H groups in total. The van der Waals surface area contributed by atoms with E-state index in [9.17, 15) is 9.59 Å². The fraction of sp³-hybridized carbons (Fsp3) is 0.273. The highest BCUT2D eigenvalue weighted by atomic mass is 32.1. The van der Waals surface area contributed by atoms with Crippen LogP contribution in [0.3, 0.4) is 0 Å². The minimum absolute atomic E-state index is 0.141. The van der Waals surface area contributed by atoms with Crippen LogP contribution < -0.4 is 14.2 Å². The van der Waals surface area contributed by atoms with Gasteiger partial charge >= 0.3 is 5.97 Å². The van der Waals surface area contributed by atoms with Crippen molar-refractivity contribution >= 4 is 24.7 Å². The van der Waals surface area contributed by atoms with Gasteiger partial charge in [0.25, 0.3) is 5.91 Å². The molecule has 1 amide bonds. The van der Waals surface area contributed by atoms with Crippen LogP contribution in [0, 0.1) is 6.92 Å². The van der Waals surface area contributed by atoms with Crippen molar-refractivity contribution in [1.82, 2.24) is 4.72 Å². The first-order chi connectivity index (χ1) is 8.52. The largest absolute Gasteiger partial charge is 0.484 e. The lowest BCUT2D eigenvalue weighted by atomic mass is 10.2. The number of carboxylic acids is 1. The number of ether oxygens (including phenoxy) is 2. The molecule has 0 aromatic heterocycles. The summed E-state index contributed by atoms with van der Waals surface area (Å²) in [7, 11) is 0. The lowest BCUT2D eigenvalue weighted by Crippen LogP contribution is -2.21. The summed E-state index contributed by atoms with van der Waals surface area (Å²) in [5.74, 6) is -0.446. The number of carbonyl (C=O) groups excluding carboxylic acids is 1. The van der Waals surface area contributed by atoms with Crippen LogP contribution in [0.1, 0.15) is 5.56 Å². The van der Waals surface area contributed by atoms with E-state index in [1.807, 2.05) is 0 Å². The molecule has 1 rings (SSSR count). The predicted octanol–water partition coefficient (Wildman–Crippen LogP) is 0.798. The van der Waals surface area contributed by atoms with Crippen molar-refractivity contribution in [2.75, 3.05) is 13.2 Å². The summed E-state index contributed by atoms with van der Waals surface area (Å²) in [6, 6.07) is 4.84. The van der Waals surface area contributed by atoms with Crippen LogP contribution >= 0.6 is 12.8 Å². The zero-order valence-corrected chi connectivity index (χ0v) is 10.6. The standard InChI is InChI=1S/C11H13NO5S/c1-7-4-8(16-5-10(13)12-18)2-3-9(7)17-6-11(14)15/h2-4,18H,5-6H2,1H3,(H,12,13)(H,14,15). The molecule has 7 heteroatoms. The molecule has 0 aliphatic rings. The fourth-order valence-electron chi connectivity index (χ4n) is 1.19. The van der Waals surface area contributed by atoms with Crippen LogP contribution in [0.25, 0.3) is 0 Å². The summed E-state index contributed by atoms with van der Waals surface area (Å²) in [5.41, 5.74) is 0.722. The second-order valence-corrected chi connectivity index (χ2v) is 3.66. The third-order valence-electron chi connectivity index (χ3n) is 1.99. The first kappa shape index (κ1) is 14.2. The molecule has 0 aliphatic heterocycles. The molecule has 98 valence electrons. The van der Waals surface area contributed by atoms with E-state index in [2.05, 4.69) is 17.5 Å². The Morgan fingerprint density at radius 1 is 1.33 bits per heavy atom. The first-order valence-corrected chi connectivity index (χ1v) is 5.48. The number of carboxylic acid groups (broad SMARTS) is 1. The van der Waals surface area contributed by atoms with E-state index < -0.39 is 12.6 Å². The quantitative estimate of drug-likeness (QED) is 0.666. The van der Waals surface area contributed by atoms with Crippen molar-refractivity contribution in [3.05, 3.63) is 23.8 Å². The molecule has 6 nitrogen and oxygen atoms in total. The SMILES string of the molecule is Cc1cc(OCC(=O)NS)ccc1OCC(=O)O. The second-order valence-electron chi connectivity index (χ2n) is 3.43. The molecule has 0 fully saturated rings. The Morgan fingerprint density at radius 2 is 2.06 bits per heavy atom. The van der Waals surface area contributed by atoms with E-state index in [0.717, 1.165) is 5.56 Å². The second kappa shape index (κ2) is 6.75. The predicted molar refractivity (Wildman–Crippen MR) is 66.9 cm³/mol. The van der Waals surface area contributed by atoms with Crippen LogP contribution in [0.4, 0.5) is 0 Å². The van der Waals surface area contributed by atoms with Gasteiger partial charge in [0, 0.05) is 0 Å². The highest BCUT2D eigenvalue weighted by molar-refractivity contribution is 7.78. The van der Waals surface area contributed by atoms with Crippen LogP contribution in [0.15, 0.2) is 18.2 Å². The maximum atomic E-state index is 10.9. The molecular formula is C11H13NO5S. The number of thiol groups is 1. The zero-order chi connectivity index (χ0) is 13.5. The molecular weight excluding hydrogens is 258 g/mol. The number of hydrogen-bond donors (Lipinski definition) is 3. The summed E-state index contributed by atoms with van der Waals surface area (Å²) in [6.45, 7) is 1.21. The molecule has 1 aromatic rings. The molecule has 18 heavy (non-hydrogen) atoms. The lowest BCUT2D eigenvalue weighted by molar-refractivity contribution is -0.139. The van der Waals surface area contributed by atoms with E-state index in [0.29, 0.717) is 11.5 Å². The number of benzene rings is 1. The Morgan fingerprint density at radius 3 is 2.61 bits per heavy atom. The highest BCUT2D eigenvalue weighted by Crippen LogP contribution is 2.23. The average Bonchev–Trinajstić information content (AvgIpc) is 2.34. The third kappa shape index (κ3) is 4.54. The smallest absolute Gasteiger partial charge is 0.341 e. The summed E-state index contributed by atoms with van der Waals surface area (Å²) >= 11 is 3.59. The molecule has 0 spiro atoms. The van der Waals surface area contributed by atoms with Gasteiger partial charge in [-0.15, -0.1) is 0 Å². The van der Waals surface area contributed by atoms with Crippen LogP contribution in [0.2, 0.25) is 0 Å². The van der Waals surface area contributed by atoms with Gasteiger partial charge in [0.15, 0.2) is 13.2 Å². The first-order valence-electron chi connectivity index (χ1n) is 5.04. The van der Waals surface area contributed by atoms with Gasteiger partial charge in [-0.3, -0.25) is 9.52 Å². The Kier molecular flexibility index (Phi) is 5.31. The van der Waals surface area contributed by atoms with E-state index in [1.54, 1.807) is 25.1 Å². The maximum Gasteiger partial charge on any atom is 0.341 e. The Balaban J connectivity index is 2.61. The minimum atomic E-state index is -1.04. The summed E-state index contributed by atoms with van der Waals surface area (Å²) in [5, 5.41) is 8.49. The number of amides is 1. The average molecular weight is 271 g/mol. The van der Waals surface area contributed by atoms with Crippen molar-refractivity contribution in [2.24, 2.45) is 0 Å². The van der Waals surface area contributed by atoms with Gasteiger partial charge in [-0.2, -0.15) is 0 Å². The number of hydrogen-bond acceptors (Lipinski definition) is 5. The molecule has 0 saturated heterocycles. The number of carbonyl (C=O) groups is 2. The molecule has 0 saturated carbocycles. The summed E-state index contributed by atoms with van der Waals surface area (Å²) in [6.07, 6.45) is 0. The minimum Gasteiger partial charge on any atom is -0.484 e.